The minimum Gasteiger partial charge on any atom is -0.382 e. The number of likely N-dealkylation sites (tertiary alicyclic amines) is 1. The van der Waals surface area contributed by atoms with Crippen molar-refractivity contribution in [1.29, 1.82) is 0 Å². The topological polar surface area (TPSA) is 51.2 Å². The van der Waals surface area contributed by atoms with Gasteiger partial charge < -0.3 is 19.1 Å². The lowest BCUT2D eigenvalue weighted by Gasteiger charge is -2.34. The van der Waals surface area contributed by atoms with E-state index in [9.17, 15) is 4.79 Å². The second kappa shape index (κ2) is 8.08. The summed E-state index contributed by atoms with van der Waals surface area (Å²) in [6.07, 6.45) is -0.393. The summed E-state index contributed by atoms with van der Waals surface area (Å²) in [5.41, 5.74) is 0. The van der Waals surface area contributed by atoms with Gasteiger partial charge in [-0.25, -0.2) is 0 Å². The van der Waals surface area contributed by atoms with Crippen LogP contribution in [0.2, 0.25) is 0 Å². The second-order valence-electron chi connectivity index (χ2n) is 5.94. The van der Waals surface area contributed by atoms with E-state index in [0.717, 1.165) is 39.4 Å². The quantitative estimate of drug-likeness (QED) is 0.657. The van der Waals surface area contributed by atoms with Crippen molar-refractivity contribution in [2.75, 3.05) is 59.7 Å². The van der Waals surface area contributed by atoms with Crippen LogP contribution in [-0.4, -0.2) is 87.6 Å². The number of methoxy groups -OCH3 is 1. The SMILES string of the molecule is COCCO[C@H](C)C(=O)N1C[C@@H](C)[C@H](N2CCOCC2)C1. The van der Waals surface area contributed by atoms with Crippen molar-refractivity contribution in [1.82, 2.24) is 9.80 Å². The highest BCUT2D eigenvalue weighted by Crippen LogP contribution is 2.23. The van der Waals surface area contributed by atoms with Gasteiger partial charge in [-0.05, 0) is 12.8 Å². The summed E-state index contributed by atoms with van der Waals surface area (Å²) in [5, 5.41) is 0. The van der Waals surface area contributed by atoms with Gasteiger partial charge in [0.25, 0.3) is 5.91 Å². The van der Waals surface area contributed by atoms with Crippen molar-refractivity contribution in [3.8, 4) is 0 Å². The normalized spacial score (nSPS) is 28.8. The first-order chi connectivity index (χ1) is 10.1. The van der Waals surface area contributed by atoms with Crippen LogP contribution in [0.15, 0.2) is 0 Å². The molecule has 21 heavy (non-hydrogen) atoms. The van der Waals surface area contributed by atoms with Gasteiger partial charge >= 0.3 is 0 Å². The zero-order valence-electron chi connectivity index (χ0n) is 13.4. The Morgan fingerprint density at radius 3 is 2.67 bits per heavy atom. The predicted molar refractivity (Wildman–Crippen MR) is 79.2 cm³/mol. The van der Waals surface area contributed by atoms with Gasteiger partial charge in [-0.3, -0.25) is 9.69 Å². The molecule has 0 saturated carbocycles. The highest BCUT2D eigenvalue weighted by molar-refractivity contribution is 5.80. The summed E-state index contributed by atoms with van der Waals surface area (Å²) in [5.74, 6) is 0.590. The Hall–Kier alpha value is -0.690. The van der Waals surface area contributed by atoms with Crippen LogP contribution in [0.5, 0.6) is 0 Å². The van der Waals surface area contributed by atoms with Gasteiger partial charge in [0.15, 0.2) is 0 Å². The number of rotatable bonds is 6. The van der Waals surface area contributed by atoms with E-state index in [1.165, 1.54) is 0 Å². The van der Waals surface area contributed by atoms with E-state index in [0.29, 0.717) is 25.2 Å². The lowest BCUT2D eigenvalue weighted by Crippen LogP contribution is -2.47. The fraction of sp³-hybridized carbons (Fsp3) is 0.933. The Morgan fingerprint density at radius 2 is 2.00 bits per heavy atom. The molecular formula is C15H28N2O4. The number of ether oxygens (including phenoxy) is 3. The molecule has 0 unspecified atom stereocenters. The standard InChI is InChI=1S/C15H28N2O4/c1-12-10-17(15(18)13(2)21-9-8-19-3)11-14(12)16-4-6-20-7-5-16/h12-14H,4-11H2,1-3H3/t12-,13-,14-/m1/s1. The lowest BCUT2D eigenvalue weighted by molar-refractivity contribution is -0.142. The maximum Gasteiger partial charge on any atom is 0.251 e. The first-order valence-corrected chi connectivity index (χ1v) is 7.84. The van der Waals surface area contributed by atoms with E-state index in [2.05, 4.69) is 11.8 Å². The zero-order chi connectivity index (χ0) is 15.2. The smallest absolute Gasteiger partial charge is 0.251 e. The summed E-state index contributed by atoms with van der Waals surface area (Å²) in [4.78, 5) is 16.8. The number of hydrogen-bond donors (Lipinski definition) is 0. The van der Waals surface area contributed by atoms with Crippen LogP contribution >= 0.6 is 0 Å². The maximum absolute atomic E-state index is 12.4. The van der Waals surface area contributed by atoms with Gasteiger partial charge in [0.2, 0.25) is 0 Å². The van der Waals surface area contributed by atoms with Crippen molar-refractivity contribution >= 4 is 5.91 Å². The summed E-state index contributed by atoms with van der Waals surface area (Å²) in [7, 11) is 1.63. The largest absolute Gasteiger partial charge is 0.382 e. The molecule has 2 aliphatic heterocycles. The molecule has 2 rings (SSSR count). The minimum atomic E-state index is -0.393. The fourth-order valence-electron chi connectivity index (χ4n) is 3.15. The number of hydrogen-bond acceptors (Lipinski definition) is 5. The minimum absolute atomic E-state index is 0.0914. The third-order valence-corrected chi connectivity index (χ3v) is 4.40. The monoisotopic (exact) mass is 300 g/mol. The molecule has 2 heterocycles. The van der Waals surface area contributed by atoms with Gasteiger partial charge in [-0.1, -0.05) is 6.92 Å². The molecule has 0 aromatic heterocycles. The molecule has 0 N–H and O–H groups in total. The molecule has 0 aromatic rings. The van der Waals surface area contributed by atoms with Crippen LogP contribution in [0.1, 0.15) is 13.8 Å². The molecule has 3 atom stereocenters. The van der Waals surface area contributed by atoms with E-state index in [1.807, 2.05) is 11.8 Å². The average Bonchev–Trinajstić information content (AvgIpc) is 2.89. The molecule has 0 bridgehead atoms. The van der Waals surface area contributed by atoms with Gasteiger partial charge in [0.1, 0.15) is 6.10 Å². The van der Waals surface area contributed by atoms with E-state index in [1.54, 1.807) is 7.11 Å². The van der Waals surface area contributed by atoms with E-state index in [-0.39, 0.29) is 5.91 Å². The number of morpholine rings is 1. The third-order valence-electron chi connectivity index (χ3n) is 4.40. The van der Waals surface area contributed by atoms with Crippen molar-refractivity contribution in [2.45, 2.75) is 26.0 Å². The van der Waals surface area contributed by atoms with Crippen molar-refractivity contribution in [3.63, 3.8) is 0 Å². The van der Waals surface area contributed by atoms with Crippen LogP contribution in [0.4, 0.5) is 0 Å². The Bertz CT molecular complexity index is 334. The van der Waals surface area contributed by atoms with Gasteiger partial charge in [0, 0.05) is 39.3 Å². The van der Waals surface area contributed by atoms with Gasteiger partial charge in [-0.2, -0.15) is 0 Å². The molecule has 0 aliphatic carbocycles. The predicted octanol–water partition coefficient (Wildman–Crippen LogP) is 0.217. The van der Waals surface area contributed by atoms with Crippen LogP contribution in [0, 0.1) is 5.92 Å². The Kier molecular flexibility index (Phi) is 6.41. The highest BCUT2D eigenvalue weighted by Gasteiger charge is 2.37. The molecular weight excluding hydrogens is 272 g/mol. The average molecular weight is 300 g/mol. The molecule has 1 amide bonds. The summed E-state index contributed by atoms with van der Waals surface area (Å²) in [6, 6.07) is 0.448. The van der Waals surface area contributed by atoms with E-state index < -0.39 is 6.10 Å². The van der Waals surface area contributed by atoms with Gasteiger partial charge in [-0.15, -0.1) is 0 Å². The second-order valence-corrected chi connectivity index (χ2v) is 5.94. The third kappa shape index (κ3) is 4.39. The van der Waals surface area contributed by atoms with E-state index >= 15 is 0 Å². The highest BCUT2D eigenvalue weighted by atomic mass is 16.5. The molecule has 0 radical (unpaired) electrons. The molecule has 2 aliphatic rings. The van der Waals surface area contributed by atoms with Crippen LogP contribution in [0.3, 0.4) is 0 Å². The Balaban J connectivity index is 1.83. The molecule has 6 nitrogen and oxygen atoms in total. The molecule has 0 spiro atoms. The Labute approximate surface area is 127 Å². The summed E-state index contributed by atoms with van der Waals surface area (Å²) >= 11 is 0. The molecule has 0 aromatic carbocycles. The molecule has 6 heteroatoms. The maximum atomic E-state index is 12.4. The van der Waals surface area contributed by atoms with Crippen molar-refractivity contribution < 1.29 is 19.0 Å². The van der Waals surface area contributed by atoms with Gasteiger partial charge in [0.05, 0.1) is 26.4 Å². The number of nitrogens with zero attached hydrogens (tertiary/aromatic N) is 2. The van der Waals surface area contributed by atoms with Crippen LogP contribution < -0.4 is 0 Å². The summed E-state index contributed by atoms with van der Waals surface area (Å²) < 4.78 is 15.9. The fourth-order valence-corrected chi connectivity index (χ4v) is 3.15. The summed E-state index contributed by atoms with van der Waals surface area (Å²) in [6.45, 7) is 10.2. The van der Waals surface area contributed by atoms with Crippen LogP contribution in [-0.2, 0) is 19.0 Å². The first-order valence-electron chi connectivity index (χ1n) is 7.84. The molecule has 2 saturated heterocycles. The number of amides is 1. The Morgan fingerprint density at radius 1 is 1.29 bits per heavy atom. The molecule has 2 fully saturated rings. The van der Waals surface area contributed by atoms with Crippen molar-refractivity contribution in [2.24, 2.45) is 5.92 Å². The van der Waals surface area contributed by atoms with Crippen LogP contribution in [0.25, 0.3) is 0 Å². The first kappa shape index (κ1) is 16.7. The van der Waals surface area contributed by atoms with E-state index in [4.69, 9.17) is 14.2 Å². The zero-order valence-corrected chi connectivity index (χ0v) is 13.4. The van der Waals surface area contributed by atoms with Crippen molar-refractivity contribution in [3.05, 3.63) is 0 Å². The molecule has 122 valence electrons. The number of carbonyl (C=O) groups is 1. The number of carbonyl (C=O) groups excluding carboxylic acids is 1. The lowest BCUT2D eigenvalue weighted by atomic mass is 10.0.